The quantitative estimate of drug-likeness (QED) is 0.437. The maximum Gasteiger partial charge on any atom is 0.271 e. The van der Waals surface area contributed by atoms with Crippen molar-refractivity contribution in [1.29, 1.82) is 0 Å². The molecule has 2 amide bonds. The van der Waals surface area contributed by atoms with Gasteiger partial charge in [0.25, 0.3) is 5.91 Å². The molecule has 1 aliphatic carbocycles. The highest BCUT2D eigenvalue weighted by Crippen LogP contribution is 2.20. The molecule has 2 atom stereocenters. The predicted octanol–water partition coefficient (Wildman–Crippen LogP) is 4.40. The standard InChI is InChI=1S/C27H31N3O4S/c1-19-11-13-21(14-12-19)34-17-26-29-24(18-35-26)27(32)30-23-10-6-5-9-22(23)28-25(31)16-33-15-20-7-3-2-4-8-20/h2-4,7-8,11-14,18,22-23H,5-6,9-10,15-17H2,1H3,(H,28,31)(H,30,32). The molecule has 35 heavy (non-hydrogen) atoms. The molecule has 1 aliphatic rings. The summed E-state index contributed by atoms with van der Waals surface area (Å²) in [7, 11) is 0. The van der Waals surface area contributed by atoms with Gasteiger partial charge in [0.2, 0.25) is 5.91 Å². The second-order valence-electron chi connectivity index (χ2n) is 8.75. The Morgan fingerprint density at radius 1 is 0.971 bits per heavy atom. The van der Waals surface area contributed by atoms with Crippen molar-refractivity contribution in [2.45, 2.75) is 57.9 Å². The molecule has 0 spiro atoms. The average Bonchev–Trinajstić information content (AvgIpc) is 3.35. The number of nitrogens with one attached hydrogen (secondary N) is 2. The number of aromatic nitrogens is 1. The van der Waals surface area contributed by atoms with E-state index in [9.17, 15) is 9.59 Å². The third-order valence-electron chi connectivity index (χ3n) is 5.94. The number of hydrogen-bond donors (Lipinski definition) is 2. The summed E-state index contributed by atoms with van der Waals surface area (Å²) < 4.78 is 11.3. The first-order valence-corrected chi connectivity index (χ1v) is 12.8. The Labute approximate surface area is 209 Å². The van der Waals surface area contributed by atoms with Crippen LogP contribution >= 0.6 is 11.3 Å². The Kier molecular flexibility index (Phi) is 8.86. The van der Waals surface area contributed by atoms with Gasteiger partial charge < -0.3 is 20.1 Å². The van der Waals surface area contributed by atoms with Crippen LogP contribution in [0.15, 0.2) is 60.0 Å². The van der Waals surface area contributed by atoms with Crippen molar-refractivity contribution in [3.63, 3.8) is 0 Å². The molecule has 2 aromatic carbocycles. The second-order valence-corrected chi connectivity index (χ2v) is 9.69. The lowest BCUT2D eigenvalue weighted by Gasteiger charge is -2.32. The lowest BCUT2D eigenvalue weighted by molar-refractivity contribution is -0.127. The molecule has 7 nitrogen and oxygen atoms in total. The SMILES string of the molecule is Cc1ccc(OCc2nc(C(=O)NC3CCCCC3NC(=O)COCc3ccccc3)cs2)cc1. The highest BCUT2D eigenvalue weighted by molar-refractivity contribution is 7.09. The zero-order valence-corrected chi connectivity index (χ0v) is 20.7. The molecule has 4 rings (SSSR count). The van der Waals surface area contributed by atoms with Gasteiger partial charge in [0.15, 0.2) is 0 Å². The number of ether oxygens (including phenoxy) is 2. The van der Waals surface area contributed by atoms with E-state index in [0.29, 0.717) is 18.9 Å². The highest BCUT2D eigenvalue weighted by Gasteiger charge is 2.28. The zero-order chi connectivity index (χ0) is 24.5. The average molecular weight is 494 g/mol. The van der Waals surface area contributed by atoms with Crippen molar-refractivity contribution >= 4 is 23.2 Å². The number of aryl methyl sites for hydroxylation is 1. The Hall–Kier alpha value is -3.23. The number of carbonyl (C=O) groups is 2. The van der Waals surface area contributed by atoms with Crippen molar-refractivity contribution < 1.29 is 19.1 Å². The highest BCUT2D eigenvalue weighted by atomic mass is 32.1. The predicted molar refractivity (Wildman–Crippen MR) is 135 cm³/mol. The van der Waals surface area contributed by atoms with E-state index in [0.717, 1.165) is 42.0 Å². The van der Waals surface area contributed by atoms with E-state index in [1.54, 1.807) is 5.38 Å². The third-order valence-corrected chi connectivity index (χ3v) is 6.76. The Morgan fingerprint density at radius 3 is 2.43 bits per heavy atom. The number of nitrogens with zero attached hydrogens (tertiary/aromatic N) is 1. The molecule has 1 aromatic heterocycles. The van der Waals surface area contributed by atoms with Crippen LogP contribution in [0, 0.1) is 6.92 Å². The maximum absolute atomic E-state index is 12.9. The minimum atomic E-state index is -0.227. The fourth-order valence-electron chi connectivity index (χ4n) is 4.06. The van der Waals surface area contributed by atoms with Gasteiger partial charge in [-0.15, -0.1) is 11.3 Å². The Balaban J connectivity index is 1.24. The monoisotopic (exact) mass is 493 g/mol. The van der Waals surface area contributed by atoms with Crippen LogP contribution in [0.2, 0.25) is 0 Å². The minimum absolute atomic E-state index is 0.0114. The normalized spacial score (nSPS) is 17.5. The van der Waals surface area contributed by atoms with E-state index in [-0.39, 0.29) is 30.5 Å². The molecule has 0 bridgehead atoms. The first-order chi connectivity index (χ1) is 17.1. The van der Waals surface area contributed by atoms with Crippen LogP contribution in [-0.2, 0) is 22.7 Å². The fourth-order valence-corrected chi connectivity index (χ4v) is 4.75. The van der Waals surface area contributed by atoms with E-state index < -0.39 is 0 Å². The topological polar surface area (TPSA) is 89.5 Å². The second kappa shape index (κ2) is 12.5. The molecular weight excluding hydrogens is 462 g/mol. The molecule has 0 radical (unpaired) electrons. The van der Waals surface area contributed by atoms with Gasteiger partial charge in [-0.3, -0.25) is 9.59 Å². The number of amides is 2. The van der Waals surface area contributed by atoms with Crippen LogP contribution in [0.5, 0.6) is 5.75 Å². The number of hydrogen-bond acceptors (Lipinski definition) is 6. The van der Waals surface area contributed by atoms with Crippen LogP contribution in [0.4, 0.5) is 0 Å². The van der Waals surface area contributed by atoms with Crippen molar-refractivity contribution in [3.05, 3.63) is 81.8 Å². The molecule has 1 saturated carbocycles. The summed E-state index contributed by atoms with van der Waals surface area (Å²) in [5.74, 6) is 0.371. The van der Waals surface area contributed by atoms with Crippen molar-refractivity contribution in [1.82, 2.24) is 15.6 Å². The molecular formula is C27H31N3O4S. The third kappa shape index (κ3) is 7.63. The van der Waals surface area contributed by atoms with Crippen molar-refractivity contribution in [2.75, 3.05) is 6.61 Å². The molecule has 1 heterocycles. The smallest absolute Gasteiger partial charge is 0.271 e. The summed E-state index contributed by atoms with van der Waals surface area (Å²) in [6.07, 6.45) is 3.66. The summed E-state index contributed by atoms with van der Waals surface area (Å²) in [6, 6.07) is 17.3. The Bertz CT molecular complexity index is 1100. The van der Waals surface area contributed by atoms with Crippen molar-refractivity contribution in [2.24, 2.45) is 0 Å². The van der Waals surface area contributed by atoms with Gasteiger partial charge >= 0.3 is 0 Å². The molecule has 184 valence electrons. The van der Waals surface area contributed by atoms with E-state index in [4.69, 9.17) is 9.47 Å². The molecule has 1 fully saturated rings. The first-order valence-electron chi connectivity index (χ1n) is 11.9. The number of thiazole rings is 1. The van der Waals surface area contributed by atoms with Crippen LogP contribution in [0.1, 0.15) is 52.3 Å². The van der Waals surface area contributed by atoms with Crippen LogP contribution in [-0.4, -0.2) is 35.5 Å². The van der Waals surface area contributed by atoms with Gasteiger partial charge in [-0.25, -0.2) is 4.98 Å². The summed E-state index contributed by atoms with van der Waals surface area (Å²) >= 11 is 1.40. The number of benzene rings is 2. The van der Waals surface area contributed by atoms with Gasteiger partial charge in [-0.1, -0.05) is 60.9 Å². The molecule has 0 saturated heterocycles. The molecule has 2 unspecified atom stereocenters. The summed E-state index contributed by atoms with van der Waals surface area (Å²) in [5.41, 5.74) is 2.57. The fraction of sp³-hybridized carbons (Fsp3) is 0.370. The Morgan fingerprint density at radius 2 is 1.69 bits per heavy atom. The van der Waals surface area contributed by atoms with Gasteiger partial charge in [-0.2, -0.15) is 0 Å². The summed E-state index contributed by atoms with van der Waals surface area (Å²) in [6.45, 7) is 2.71. The number of rotatable bonds is 10. The summed E-state index contributed by atoms with van der Waals surface area (Å²) in [4.78, 5) is 29.7. The van der Waals surface area contributed by atoms with E-state index in [2.05, 4.69) is 15.6 Å². The van der Waals surface area contributed by atoms with Gasteiger partial charge in [0.05, 0.1) is 6.61 Å². The zero-order valence-electron chi connectivity index (χ0n) is 19.9. The largest absolute Gasteiger partial charge is 0.486 e. The van der Waals surface area contributed by atoms with Crippen LogP contribution in [0.3, 0.4) is 0 Å². The summed E-state index contributed by atoms with van der Waals surface area (Å²) in [5, 5.41) is 8.60. The van der Waals surface area contributed by atoms with Crippen molar-refractivity contribution in [3.8, 4) is 5.75 Å². The van der Waals surface area contributed by atoms with Gasteiger partial charge in [0, 0.05) is 17.5 Å². The lowest BCUT2D eigenvalue weighted by Crippen LogP contribution is -2.53. The minimum Gasteiger partial charge on any atom is -0.486 e. The number of carbonyl (C=O) groups excluding carboxylic acids is 2. The van der Waals surface area contributed by atoms with E-state index in [1.807, 2.05) is 61.5 Å². The lowest BCUT2D eigenvalue weighted by atomic mass is 9.90. The van der Waals surface area contributed by atoms with Crippen LogP contribution in [0.25, 0.3) is 0 Å². The maximum atomic E-state index is 12.9. The van der Waals surface area contributed by atoms with Crippen LogP contribution < -0.4 is 15.4 Å². The van der Waals surface area contributed by atoms with E-state index in [1.165, 1.54) is 16.9 Å². The molecule has 3 aromatic rings. The van der Waals surface area contributed by atoms with Gasteiger partial charge in [-0.05, 0) is 37.5 Å². The molecule has 2 N–H and O–H groups in total. The first kappa shape index (κ1) is 24.9. The molecule has 0 aliphatic heterocycles. The molecule has 8 heteroatoms. The van der Waals surface area contributed by atoms with E-state index >= 15 is 0 Å². The van der Waals surface area contributed by atoms with Gasteiger partial charge in [0.1, 0.15) is 29.7 Å².